The molecule has 0 aromatic carbocycles. The standard InChI is InChI=1S/C14H16ClN7/c1-3-4-9(17)5-6-19-13-10(7-16)12(18)22-14(20-13)11(15)8(2)21-22/h3-4,17H,5-6,18H2,1-2H3,(H,19,20)/b4-3-,17-9?. The summed E-state index contributed by atoms with van der Waals surface area (Å²) in [5, 5.41) is 24.6. The van der Waals surface area contributed by atoms with Crippen LogP contribution >= 0.6 is 11.6 Å². The Labute approximate surface area is 132 Å². The van der Waals surface area contributed by atoms with E-state index in [0.717, 1.165) is 0 Å². The number of allylic oxidation sites excluding steroid dienone is 2. The van der Waals surface area contributed by atoms with E-state index in [1.54, 1.807) is 19.1 Å². The first kappa shape index (κ1) is 15.8. The van der Waals surface area contributed by atoms with E-state index >= 15 is 0 Å². The Morgan fingerprint density at radius 2 is 2.32 bits per heavy atom. The minimum atomic E-state index is 0.188. The topological polar surface area (TPSA) is 116 Å². The third-order valence-corrected chi connectivity index (χ3v) is 3.51. The van der Waals surface area contributed by atoms with Crippen LogP contribution in [0.4, 0.5) is 11.6 Å². The molecule has 0 atom stereocenters. The van der Waals surface area contributed by atoms with E-state index in [9.17, 15) is 5.26 Å². The molecule has 0 bridgehead atoms. The minimum Gasteiger partial charge on any atom is -0.382 e. The van der Waals surface area contributed by atoms with Crippen LogP contribution in [0.2, 0.25) is 5.02 Å². The second kappa shape index (κ2) is 6.45. The van der Waals surface area contributed by atoms with Crippen LogP contribution in [0.3, 0.4) is 0 Å². The molecule has 22 heavy (non-hydrogen) atoms. The first-order valence-corrected chi connectivity index (χ1v) is 7.05. The largest absolute Gasteiger partial charge is 0.382 e. The molecule has 7 nitrogen and oxygen atoms in total. The molecule has 2 aromatic rings. The van der Waals surface area contributed by atoms with E-state index < -0.39 is 0 Å². The number of fused-ring (bicyclic) bond motifs is 1. The van der Waals surface area contributed by atoms with E-state index in [4.69, 9.17) is 22.7 Å². The molecule has 0 saturated heterocycles. The van der Waals surface area contributed by atoms with Crippen molar-refractivity contribution in [1.82, 2.24) is 14.6 Å². The van der Waals surface area contributed by atoms with Crippen molar-refractivity contribution in [2.45, 2.75) is 20.3 Å². The van der Waals surface area contributed by atoms with Crippen LogP contribution < -0.4 is 11.1 Å². The second-order valence-electron chi connectivity index (χ2n) is 4.67. The molecule has 2 heterocycles. The molecule has 0 aliphatic heterocycles. The van der Waals surface area contributed by atoms with Crippen molar-refractivity contribution in [2.24, 2.45) is 0 Å². The van der Waals surface area contributed by atoms with Crippen LogP contribution in [0.15, 0.2) is 12.2 Å². The average Bonchev–Trinajstić information content (AvgIpc) is 2.76. The summed E-state index contributed by atoms with van der Waals surface area (Å²) in [4.78, 5) is 4.34. The van der Waals surface area contributed by atoms with Crippen LogP contribution in [-0.4, -0.2) is 26.9 Å². The Hall–Kier alpha value is -2.59. The number of nitrogens with zero attached hydrogens (tertiary/aromatic N) is 4. The molecular weight excluding hydrogens is 302 g/mol. The SMILES string of the molecule is C/C=C\C(=N)CCNc1nc2c(Cl)c(C)nn2c(N)c1C#N. The Bertz CT molecular complexity index is 798. The predicted molar refractivity (Wildman–Crippen MR) is 87.5 cm³/mol. The highest BCUT2D eigenvalue weighted by Crippen LogP contribution is 2.27. The predicted octanol–water partition coefficient (Wildman–Crippen LogP) is 2.54. The van der Waals surface area contributed by atoms with Gasteiger partial charge in [0.25, 0.3) is 0 Å². The lowest BCUT2D eigenvalue weighted by Gasteiger charge is -2.10. The van der Waals surface area contributed by atoms with Gasteiger partial charge in [0, 0.05) is 18.7 Å². The number of rotatable bonds is 5. The molecule has 0 amide bonds. The first-order chi connectivity index (χ1) is 10.5. The van der Waals surface area contributed by atoms with Gasteiger partial charge in [0.1, 0.15) is 28.3 Å². The number of anilines is 2. The van der Waals surface area contributed by atoms with Gasteiger partial charge >= 0.3 is 0 Å². The Balaban J connectivity index is 2.35. The number of aromatic nitrogens is 3. The minimum absolute atomic E-state index is 0.188. The molecule has 0 spiro atoms. The average molecular weight is 318 g/mol. The lowest BCUT2D eigenvalue weighted by molar-refractivity contribution is 0.923. The molecule has 0 unspecified atom stereocenters. The van der Waals surface area contributed by atoms with E-state index in [2.05, 4.69) is 15.4 Å². The summed E-state index contributed by atoms with van der Waals surface area (Å²) >= 11 is 6.15. The van der Waals surface area contributed by atoms with E-state index in [-0.39, 0.29) is 11.4 Å². The molecule has 0 aliphatic carbocycles. The molecule has 2 rings (SSSR count). The van der Waals surface area contributed by atoms with E-state index in [1.807, 2.05) is 13.0 Å². The molecule has 8 heteroatoms. The van der Waals surface area contributed by atoms with Crippen molar-refractivity contribution in [2.75, 3.05) is 17.6 Å². The Morgan fingerprint density at radius 3 is 2.95 bits per heavy atom. The molecule has 4 N–H and O–H groups in total. The quantitative estimate of drug-likeness (QED) is 0.733. The monoisotopic (exact) mass is 317 g/mol. The Kier molecular flexibility index (Phi) is 4.63. The normalized spacial score (nSPS) is 11.0. The van der Waals surface area contributed by atoms with Crippen molar-refractivity contribution in [3.05, 3.63) is 28.4 Å². The zero-order chi connectivity index (χ0) is 16.3. The van der Waals surface area contributed by atoms with Gasteiger partial charge in [-0.25, -0.2) is 4.98 Å². The maximum Gasteiger partial charge on any atom is 0.178 e. The first-order valence-electron chi connectivity index (χ1n) is 6.68. The number of hydrogen-bond acceptors (Lipinski definition) is 6. The van der Waals surface area contributed by atoms with Gasteiger partial charge < -0.3 is 16.5 Å². The summed E-state index contributed by atoms with van der Waals surface area (Å²) in [6.07, 6.45) is 4.03. The fourth-order valence-electron chi connectivity index (χ4n) is 1.99. The number of halogens is 1. The van der Waals surface area contributed by atoms with Crippen molar-refractivity contribution in [3.8, 4) is 6.07 Å². The van der Waals surface area contributed by atoms with Gasteiger partial charge in [0.2, 0.25) is 0 Å². The molecule has 0 aliphatic rings. The number of hydrogen-bond donors (Lipinski definition) is 3. The molecule has 0 fully saturated rings. The maximum absolute atomic E-state index is 9.29. The molecule has 114 valence electrons. The van der Waals surface area contributed by atoms with Crippen LogP contribution in [0.5, 0.6) is 0 Å². The van der Waals surface area contributed by atoms with Gasteiger partial charge in [-0.1, -0.05) is 17.7 Å². The highest BCUT2D eigenvalue weighted by Gasteiger charge is 2.17. The lowest BCUT2D eigenvalue weighted by atomic mass is 10.2. The van der Waals surface area contributed by atoms with Gasteiger partial charge in [0.15, 0.2) is 5.65 Å². The molecule has 0 saturated carbocycles. The summed E-state index contributed by atoms with van der Waals surface area (Å²) in [7, 11) is 0. The van der Waals surface area contributed by atoms with E-state index in [1.165, 1.54) is 4.52 Å². The van der Waals surface area contributed by atoms with Gasteiger partial charge in [-0.3, -0.25) is 0 Å². The van der Waals surface area contributed by atoms with Crippen molar-refractivity contribution in [3.63, 3.8) is 0 Å². The zero-order valence-electron chi connectivity index (χ0n) is 12.3. The Morgan fingerprint density at radius 1 is 1.59 bits per heavy atom. The van der Waals surface area contributed by atoms with Gasteiger partial charge in [-0.2, -0.15) is 14.9 Å². The summed E-state index contributed by atoms with van der Waals surface area (Å²) in [5.74, 6) is 0.538. The van der Waals surface area contributed by atoms with Crippen LogP contribution in [0.25, 0.3) is 5.65 Å². The molecule has 0 radical (unpaired) electrons. The fraction of sp³-hybridized carbons (Fsp3) is 0.286. The third kappa shape index (κ3) is 2.87. The van der Waals surface area contributed by atoms with Gasteiger partial charge in [-0.15, -0.1) is 0 Å². The molecule has 2 aromatic heterocycles. The van der Waals surface area contributed by atoms with Crippen LogP contribution in [0.1, 0.15) is 24.6 Å². The second-order valence-corrected chi connectivity index (χ2v) is 5.05. The van der Waals surface area contributed by atoms with E-state index in [0.29, 0.717) is 40.9 Å². The zero-order valence-corrected chi connectivity index (χ0v) is 13.1. The maximum atomic E-state index is 9.29. The summed E-state index contributed by atoms with van der Waals surface area (Å²) < 4.78 is 1.36. The highest BCUT2D eigenvalue weighted by atomic mass is 35.5. The smallest absolute Gasteiger partial charge is 0.178 e. The third-order valence-electron chi connectivity index (χ3n) is 3.07. The van der Waals surface area contributed by atoms with Crippen LogP contribution in [0, 0.1) is 23.7 Å². The van der Waals surface area contributed by atoms with Crippen molar-refractivity contribution < 1.29 is 0 Å². The fourth-order valence-corrected chi connectivity index (χ4v) is 2.15. The lowest BCUT2D eigenvalue weighted by Crippen LogP contribution is -2.12. The summed E-state index contributed by atoms with van der Waals surface area (Å²) in [6, 6.07) is 2.03. The number of nitrogens with two attached hydrogens (primary N) is 1. The van der Waals surface area contributed by atoms with Crippen molar-refractivity contribution in [1.29, 1.82) is 10.7 Å². The van der Waals surface area contributed by atoms with Crippen molar-refractivity contribution >= 4 is 34.6 Å². The number of nitrogens with one attached hydrogen (secondary N) is 2. The highest BCUT2D eigenvalue weighted by molar-refractivity contribution is 6.34. The van der Waals surface area contributed by atoms with Crippen LogP contribution in [-0.2, 0) is 0 Å². The van der Waals surface area contributed by atoms with Gasteiger partial charge in [0.05, 0.1) is 5.69 Å². The molecular formula is C14H16ClN7. The summed E-state index contributed by atoms with van der Waals surface area (Å²) in [6.45, 7) is 4.06. The number of nitrogen functional groups attached to an aromatic ring is 1. The number of nitriles is 1. The number of aryl methyl sites for hydroxylation is 1. The van der Waals surface area contributed by atoms with Gasteiger partial charge in [-0.05, 0) is 19.9 Å². The summed E-state index contributed by atoms with van der Waals surface area (Å²) in [5.41, 5.74) is 7.68.